The third kappa shape index (κ3) is 2.77. The molecular weight excluding hydrogens is 210 g/mol. The molecule has 5 nitrogen and oxygen atoms in total. The molecule has 0 saturated heterocycles. The molecule has 0 atom stereocenters. The highest BCUT2D eigenvalue weighted by molar-refractivity contribution is 5.51. The van der Waals surface area contributed by atoms with Crippen LogP contribution in [0.5, 0.6) is 17.2 Å². The molecule has 0 aliphatic carbocycles. The van der Waals surface area contributed by atoms with E-state index < -0.39 is 0 Å². The third-order valence-electron chi connectivity index (χ3n) is 2.25. The molecule has 16 heavy (non-hydrogen) atoms. The second kappa shape index (κ2) is 6.19. The van der Waals surface area contributed by atoms with Crippen LogP contribution in [0.25, 0.3) is 0 Å². The van der Waals surface area contributed by atoms with Gasteiger partial charge in [-0.25, -0.2) is 5.90 Å². The first-order valence-corrected chi connectivity index (χ1v) is 4.87. The van der Waals surface area contributed by atoms with Gasteiger partial charge in [0.2, 0.25) is 0 Å². The number of ether oxygens (including phenoxy) is 3. The van der Waals surface area contributed by atoms with Crippen LogP contribution in [0.1, 0.15) is 5.56 Å². The molecule has 0 radical (unpaired) electrons. The SMILES string of the molecule is COc1cc(CCON)c(OC)c(OC)c1. The molecule has 0 aliphatic rings. The summed E-state index contributed by atoms with van der Waals surface area (Å²) in [6, 6.07) is 3.64. The van der Waals surface area contributed by atoms with Gasteiger partial charge in [0.05, 0.1) is 27.9 Å². The molecule has 0 unspecified atom stereocenters. The molecule has 90 valence electrons. The summed E-state index contributed by atoms with van der Waals surface area (Å²) in [7, 11) is 4.78. The number of rotatable bonds is 6. The van der Waals surface area contributed by atoms with Gasteiger partial charge in [-0.15, -0.1) is 0 Å². The topological polar surface area (TPSA) is 62.9 Å². The molecule has 0 amide bonds. The Morgan fingerprint density at radius 3 is 2.31 bits per heavy atom. The van der Waals surface area contributed by atoms with E-state index in [4.69, 9.17) is 20.1 Å². The summed E-state index contributed by atoms with van der Waals surface area (Å²) in [4.78, 5) is 4.56. The van der Waals surface area contributed by atoms with Gasteiger partial charge in [0.1, 0.15) is 5.75 Å². The number of benzene rings is 1. The summed E-state index contributed by atoms with van der Waals surface area (Å²) in [5.41, 5.74) is 0.934. The Labute approximate surface area is 95.0 Å². The van der Waals surface area contributed by atoms with Crippen LogP contribution in [-0.2, 0) is 11.3 Å². The average Bonchev–Trinajstić information content (AvgIpc) is 2.34. The normalized spacial score (nSPS) is 10.0. The van der Waals surface area contributed by atoms with Crippen LogP contribution in [0.15, 0.2) is 12.1 Å². The zero-order chi connectivity index (χ0) is 12.0. The van der Waals surface area contributed by atoms with Gasteiger partial charge < -0.3 is 19.0 Å². The van der Waals surface area contributed by atoms with Gasteiger partial charge in [-0.05, 0) is 6.07 Å². The minimum atomic E-state index is 0.409. The number of hydrogen-bond donors (Lipinski definition) is 1. The summed E-state index contributed by atoms with van der Waals surface area (Å²) < 4.78 is 15.7. The monoisotopic (exact) mass is 227 g/mol. The van der Waals surface area contributed by atoms with Gasteiger partial charge in [0.15, 0.2) is 11.5 Å². The van der Waals surface area contributed by atoms with Crippen LogP contribution >= 0.6 is 0 Å². The van der Waals surface area contributed by atoms with E-state index in [0.717, 1.165) is 5.56 Å². The Morgan fingerprint density at radius 2 is 1.81 bits per heavy atom. The van der Waals surface area contributed by atoms with Gasteiger partial charge in [-0.3, -0.25) is 0 Å². The van der Waals surface area contributed by atoms with E-state index in [1.807, 2.05) is 6.07 Å². The molecule has 0 aromatic heterocycles. The van der Waals surface area contributed by atoms with E-state index in [1.165, 1.54) is 0 Å². The van der Waals surface area contributed by atoms with Crippen LogP contribution in [0.2, 0.25) is 0 Å². The first kappa shape index (κ1) is 12.6. The maximum absolute atomic E-state index is 5.29. The largest absolute Gasteiger partial charge is 0.497 e. The molecule has 2 N–H and O–H groups in total. The number of methoxy groups -OCH3 is 3. The lowest BCUT2D eigenvalue weighted by Gasteiger charge is -2.14. The van der Waals surface area contributed by atoms with Crippen molar-refractivity contribution in [3.8, 4) is 17.2 Å². The summed E-state index contributed by atoms with van der Waals surface area (Å²) in [6.07, 6.45) is 0.632. The van der Waals surface area contributed by atoms with Crippen molar-refractivity contribution in [3.63, 3.8) is 0 Å². The standard InChI is InChI=1S/C11H17NO4/c1-13-9-6-8(4-5-16-12)11(15-3)10(7-9)14-2/h6-7H,4-5,12H2,1-3H3. The fourth-order valence-corrected chi connectivity index (χ4v) is 1.49. The van der Waals surface area contributed by atoms with Gasteiger partial charge in [-0.2, -0.15) is 0 Å². The second-order valence-corrected chi connectivity index (χ2v) is 3.14. The van der Waals surface area contributed by atoms with Crippen molar-refractivity contribution in [2.24, 2.45) is 5.90 Å². The Kier molecular flexibility index (Phi) is 4.88. The van der Waals surface area contributed by atoms with Gasteiger partial charge >= 0.3 is 0 Å². The van der Waals surface area contributed by atoms with Crippen molar-refractivity contribution in [2.75, 3.05) is 27.9 Å². The van der Waals surface area contributed by atoms with E-state index in [2.05, 4.69) is 4.84 Å². The molecule has 1 aromatic carbocycles. The number of nitrogens with two attached hydrogens (primary N) is 1. The van der Waals surface area contributed by atoms with Crippen molar-refractivity contribution < 1.29 is 19.0 Å². The summed E-state index contributed by atoms with van der Waals surface area (Å²) >= 11 is 0. The van der Waals surface area contributed by atoms with Crippen LogP contribution in [0.3, 0.4) is 0 Å². The lowest BCUT2D eigenvalue weighted by atomic mass is 10.1. The van der Waals surface area contributed by atoms with Gasteiger partial charge in [-0.1, -0.05) is 0 Å². The van der Waals surface area contributed by atoms with Crippen molar-refractivity contribution in [2.45, 2.75) is 6.42 Å². The molecule has 0 heterocycles. The maximum Gasteiger partial charge on any atom is 0.164 e. The molecule has 1 rings (SSSR count). The van der Waals surface area contributed by atoms with Gasteiger partial charge in [0.25, 0.3) is 0 Å². The molecule has 0 bridgehead atoms. The van der Waals surface area contributed by atoms with E-state index >= 15 is 0 Å². The molecular formula is C11H17NO4. The molecule has 1 aromatic rings. The fraction of sp³-hybridized carbons (Fsp3) is 0.455. The number of hydrogen-bond acceptors (Lipinski definition) is 5. The van der Waals surface area contributed by atoms with E-state index in [9.17, 15) is 0 Å². The van der Waals surface area contributed by atoms with Crippen molar-refractivity contribution in [3.05, 3.63) is 17.7 Å². The zero-order valence-corrected chi connectivity index (χ0v) is 9.78. The van der Waals surface area contributed by atoms with Crippen LogP contribution in [0, 0.1) is 0 Å². The first-order chi connectivity index (χ1) is 7.76. The predicted octanol–water partition coefficient (Wildman–Crippen LogP) is 1.15. The average molecular weight is 227 g/mol. The smallest absolute Gasteiger partial charge is 0.164 e. The van der Waals surface area contributed by atoms with Crippen molar-refractivity contribution in [1.29, 1.82) is 0 Å². The molecule has 5 heteroatoms. The van der Waals surface area contributed by atoms with E-state index in [0.29, 0.717) is 30.3 Å². The Balaban J connectivity index is 3.09. The fourth-order valence-electron chi connectivity index (χ4n) is 1.49. The minimum absolute atomic E-state index is 0.409. The predicted molar refractivity (Wildman–Crippen MR) is 59.9 cm³/mol. The minimum Gasteiger partial charge on any atom is -0.497 e. The highest BCUT2D eigenvalue weighted by atomic mass is 16.6. The second-order valence-electron chi connectivity index (χ2n) is 3.14. The summed E-state index contributed by atoms with van der Waals surface area (Å²) in [5.74, 6) is 7.03. The quantitative estimate of drug-likeness (QED) is 0.738. The first-order valence-electron chi connectivity index (χ1n) is 4.87. The maximum atomic E-state index is 5.29. The van der Waals surface area contributed by atoms with E-state index in [1.54, 1.807) is 27.4 Å². The summed E-state index contributed by atoms with van der Waals surface area (Å²) in [6.45, 7) is 0.409. The Morgan fingerprint density at radius 1 is 1.06 bits per heavy atom. The summed E-state index contributed by atoms with van der Waals surface area (Å²) in [5, 5.41) is 0. The lowest BCUT2D eigenvalue weighted by Crippen LogP contribution is -2.06. The Hall–Kier alpha value is -1.46. The zero-order valence-electron chi connectivity index (χ0n) is 9.78. The third-order valence-corrected chi connectivity index (χ3v) is 2.25. The lowest BCUT2D eigenvalue weighted by molar-refractivity contribution is 0.140. The Bertz CT molecular complexity index is 341. The molecule has 0 aliphatic heterocycles. The van der Waals surface area contributed by atoms with Crippen LogP contribution in [0.4, 0.5) is 0 Å². The van der Waals surface area contributed by atoms with Crippen molar-refractivity contribution in [1.82, 2.24) is 0 Å². The molecule has 0 spiro atoms. The highest BCUT2D eigenvalue weighted by Gasteiger charge is 2.12. The van der Waals surface area contributed by atoms with Crippen LogP contribution in [-0.4, -0.2) is 27.9 Å². The molecule has 0 fully saturated rings. The van der Waals surface area contributed by atoms with E-state index in [-0.39, 0.29) is 0 Å². The van der Waals surface area contributed by atoms with Gasteiger partial charge in [0, 0.05) is 18.1 Å². The highest BCUT2D eigenvalue weighted by Crippen LogP contribution is 2.35. The molecule has 0 saturated carbocycles. The van der Waals surface area contributed by atoms with Crippen molar-refractivity contribution >= 4 is 0 Å². The van der Waals surface area contributed by atoms with Crippen LogP contribution < -0.4 is 20.1 Å².